The predicted octanol–water partition coefficient (Wildman–Crippen LogP) is 3.96. The number of ether oxygens (including phenoxy) is 1. The first-order valence-electron chi connectivity index (χ1n) is 6.65. The molecule has 0 aromatic heterocycles. The summed E-state index contributed by atoms with van der Waals surface area (Å²) in [6.45, 7) is 2.27. The average Bonchev–Trinajstić information content (AvgIpc) is 2.50. The second-order valence-electron chi connectivity index (χ2n) is 4.55. The molecule has 1 N–H and O–H groups in total. The third-order valence-corrected chi connectivity index (χ3v) is 4.57. The van der Waals surface area contributed by atoms with Gasteiger partial charge < -0.3 is 4.74 Å². The van der Waals surface area contributed by atoms with Crippen molar-refractivity contribution in [2.75, 3.05) is 6.54 Å². The minimum Gasteiger partial charge on any atom is -0.457 e. The highest BCUT2D eigenvalue weighted by molar-refractivity contribution is 7.89. The van der Waals surface area contributed by atoms with Gasteiger partial charge in [0.1, 0.15) is 17.3 Å². The summed E-state index contributed by atoms with van der Waals surface area (Å²) in [5.41, 5.74) is 0. The lowest BCUT2D eigenvalue weighted by molar-refractivity contribution is 0.480. The smallest absolute Gasteiger partial charge is 0.240 e. The van der Waals surface area contributed by atoms with Crippen molar-refractivity contribution in [1.82, 2.24) is 4.72 Å². The molecule has 0 saturated heterocycles. The summed E-state index contributed by atoms with van der Waals surface area (Å²) in [6, 6.07) is 9.93. The van der Waals surface area contributed by atoms with E-state index in [2.05, 4.69) is 4.72 Å². The van der Waals surface area contributed by atoms with Crippen molar-refractivity contribution in [2.45, 2.75) is 18.2 Å². The Labute approximate surface area is 133 Å². The van der Waals surface area contributed by atoms with E-state index >= 15 is 0 Å². The quantitative estimate of drug-likeness (QED) is 0.863. The van der Waals surface area contributed by atoms with Crippen LogP contribution in [-0.2, 0) is 10.0 Å². The number of sulfonamides is 1. The summed E-state index contributed by atoms with van der Waals surface area (Å²) in [5.74, 6) is 0.265. The minimum atomic E-state index is -3.50. The van der Waals surface area contributed by atoms with Crippen molar-refractivity contribution in [3.8, 4) is 11.5 Å². The standard InChI is InChI=1S/C15H15ClFNO3S/c1-2-9-18-22(19,20)13-6-3-11(4-7-13)21-12-5-8-15(17)14(16)10-12/h3-8,10,18H,2,9H2,1H3. The lowest BCUT2D eigenvalue weighted by Crippen LogP contribution is -2.24. The van der Waals surface area contributed by atoms with Gasteiger partial charge in [-0.15, -0.1) is 0 Å². The van der Waals surface area contributed by atoms with Gasteiger partial charge in [-0.25, -0.2) is 17.5 Å². The van der Waals surface area contributed by atoms with E-state index in [-0.39, 0.29) is 9.92 Å². The molecular formula is C15H15ClFNO3S. The molecule has 2 rings (SSSR count). The zero-order valence-electron chi connectivity index (χ0n) is 11.8. The fourth-order valence-electron chi connectivity index (χ4n) is 1.68. The van der Waals surface area contributed by atoms with Gasteiger partial charge in [0.15, 0.2) is 0 Å². The van der Waals surface area contributed by atoms with E-state index in [1.54, 1.807) is 0 Å². The molecule has 0 heterocycles. The van der Waals surface area contributed by atoms with Crippen molar-refractivity contribution in [3.63, 3.8) is 0 Å². The second-order valence-corrected chi connectivity index (χ2v) is 6.72. The number of hydrogen-bond donors (Lipinski definition) is 1. The van der Waals surface area contributed by atoms with Crippen LogP contribution in [0.25, 0.3) is 0 Å². The first-order valence-corrected chi connectivity index (χ1v) is 8.51. The van der Waals surface area contributed by atoms with Crippen molar-refractivity contribution < 1.29 is 17.5 Å². The van der Waals surface area contributed by atoms with Crippen molar-refractivity contribution >= 4 is 21.6 Å². The van der Waals surface area contributed by atoms with E-state index in [1.807, 2.05) is 6.92 Å². The molecule has 0 saturated carbocycles. The summed E-state index contributed by atoms with van der Waals surface area (Å²) in [7, 11) is -3.50. The molecule has 2 aromatic rings. The first-order chi connectivity index (χ1) is 10.4. The molecule has 0 unspecified atom stereocenters. The number of rotatable bonds is 6. The molecule has 0 radical (unpaired) electrons. The normalized spacial score (nSPS) is 11.4. The number of benzene rings is 2. The summed E-state index contributed by atoms with van der Waals surface area (Å²) in [4.78, 5) is 0.158. The number of nitrogens with one attached hydrogen (secondary N) is 1. The van der Waals surface area contributed by atoms with Crippen LogP contribution in [-0.4, -0.2) is 15.0 Å². The van der Waals surface area contributed by atoms with Crippen LogP contribution in [0.3, 0.4) is 0 Å². The van der Waals surface area contributed by atoms with Crippen molar-refractivity contribution in [3.05, 3.63) is 53.3 Å². The minimum absolute atomic E-state index is 0.0412. The Balaban J connectivity index is 2.13. The second kappa shape index (κ2) is 7.09. The molecule has 0 bridgehead atoms. The summed E-state index contributed by atoms with van der Waals surface area (Å²) in [6.07, 6.45) is 0.714. The Morgan fingerprint density at radius 2 is 1.77 bits per heavy atom. The fraction of sp³-hybridized carbons (Fsp3) is 0.200. The van der Waals surface area contributed by atoms with Crippen LogP contribution in [0.2, 0.25) is 5.02 Å². The van der Waals surface area contributed by atoms with E-state index in [9.17, 15) is 12.8 Å². The van der Waals surface area contributed by atoms with Crippen LogP contribution in [0.1, 0.15) is 13.3 Å². The van der Waals surface area contributed by atoms with E-state index in [4.69, 9.17) is 16.3 Å². The molecule has 2 aromatic carbocycles. The van der Waals surface area contributed by atoms with Crippen LogP contribution >= 0.6 is 11.6 Å². The molecule has 0 atom stereocenters. The predicted molar refractivity (Wildman–Crippen MR) is 83.4 cm³/mol. The molecular weight excluding hydrogens is 329 g/mol. The highest BCUT2D eigenvalue weighted by Crippen LogP contribution is 2.26. The zero-order chi connectivity index (χ0) is 16.2. The van der Waals surface area contributed by atoms with Crippen LogP contribution in [0.5, 0.6) is 11.5 Å². The van der Waals surface area contributed by atoms with Gasteiger partial charge in [-0.05, 0) is 42.8 Å². The van der Waals surface area contributed by atoms with Crippen molar-refractivity contribution in [2.24, 2.45) is 0 Å². The average molecular weight is 344 g/mol. The lowest BCUT2D eigenvalue weighted by atomic mass is 10.3. The van der Waals surface area contributed by atoms with Crippen LogP contribution in [0, 0.1) is 5.82 Å². The maximum absolute atomic E-state index is 13.1. The molecule has 0 spiro atoms. The maximum Gasteiger partial charge on any atom is 0.240 e. The van der Waals surface area contributed by atoms with Gasteiger partial charge in [0.2, 0.25) is 10.0 Å². The Bertz CT molecular complexity index is 748. The first kappa shape index (κ1) is 16.7. The third kappa shape index (κ3) is 4.19. The van der Waals surface area contributed by atoms with Gasteiger partial charge in [-0.2, -0.15) is 0 Å². The molecule has 4 nitrogen and oxygen atoms in total. The lowest BCUT2D eigenvalue weighted by Gasteiger charge is -2.08. The van der Waals surface area contributed by atoms with E-state index in [0.29, 0.717) is 24.5 Å². The molecule has 0 aliphatic heterocycles. The van der Waals surface area contributed by atoms with Crippen molar-refractivity contribution in [1.29, 1.82) is 0 Å². The van der Waals surface area contributed by atoms with E-state index in [0.717, 1.165) is 0 Å². The SMILES string of the molecule is CCCNS(=O)(=O)c1ccc(Oc2ccc(F)c(Cl)c2)cc1. The molecule has 0 amide bonds. The van der Waals surface area contributed by atoms with Gasteiger partial charge in [-0.3, -0.25) is 0 Å². The summed E-state index contributed by atoms with van der Waals surface area (Å²) >= 11 is 5.67. The number of hydrogen-bond acceptors (Lipinski definition) is 3. The highest BCUT2D eigenvalue weighted by Gasteiger charge is 2.13. The molecule has 118 valence electrons. The Hall–Kier alpha value is -1.63. The topological polar surface area (TPSA) is 55.4 Å². The van der Waals surface area contributed by atoms with Gasteiger partial charge >= 0.3 is 0 Å². The van der Waals surface area contributed by atoms with E-state index < -0.39 is 15.8 Å². The molecule has 0 aliphatic carbocycles. The Morgan fingerprint density at radius 3 is 2.36 bits per heavy atom. The van der Waals surface area contributed by atoms with Crippen LogP contribution < -0.4 is 9.46 Å². The molecule has 0 aliphatic rings. The van der Waals surface area contributed by atoms with Gasteiger partial charge in [0, 0.05) is 12.6 Å². The van der Waals surface area contributed by atoms with Gasteiger partial charge in [0.25, 0.3) is 0 Å². The highest BCUT2D eigenvalue weighted by atomic mass is 35.5. The molecule has 0 fully saturated rings. The zero-order valence-corrected chi connectivity index (χ0v) is 13.4. The maximum atomic E-state index is 13.1. The molecule has 22 heavy (non-hydrogen) atoms. The van der Waals surface area contributed by atoms with Crippen LogP contribution in [0.15, 0.2) is 47.4 Å². The number of halogens is 2. The fourth-order valence-corrected chi connectivity index (χ4v) is 2.99. The third-order valence-electron chi connectivity index (χ3n) is 2.80. The summed E-state index contributed by atoms with van der Waals surface area (Å²) in [5, 5.41) is -0.0412. The Kier molecular flexibility index (Phi) is 5.39. The van der Waals surface area contributed by atoms with Gasteiger partial charge in [-0.1, -0.05) is 18.5 Å². The molecule has 7 heteroatoms. The van der Waals surface area contributed by atoms with E-state index in [1.165, 1.54) is 42.5 Å². The van der Waals surface area contributed by atoms with Crippen LogP contribution in [0.4, 0.5) is 4.39 Å². The largest absolute Gasteiger partial charge is 0.457 e. The van der Waals surface area contributed by atoms with Gasteiger partial charge in [0.05, 0.1) is 9.92 Å². The monoisotopic (exact) mass is 343 g/mol. The Morgan fingerprint density at radius 1 is 1.14 bits per heavy atom. The summed E-state index contributed by atoms with van der Waals surface area (Å²) < 4.78 is 44.9.